The van der Waals surface area contributed by atoms with E-state index in [-0.39, 0.29) is 5.91 Å². The first-order valence-electron chi connectivity index (χ1n) is 7.26. The Morgan fingerprint density at radius 1 is 1.33 bits per heavy atom. The van der Waals surface area contributed by atoms with E-state index in [1.165, 1.54) is 0 Å². The fourth-order valence-electron chi connectivity index (χ4n) is 2.76. The van der Waals surface area contributed by atoms with E-state index in [4.69, 9.17) is 0 Å². The first-order chi connectivity index (χ1) is 9.99. The fraction of sp³-hybridized carbons (Fsp3) is 0.500. The van der Waals surface area contributed by atoms with E-state index in [1.807, 2.05) is 23.1 Å². The normalized spacial score (nSPS) is 19.2. The zero-order valence-corrected chi connectivity index (χ0v) is 12.6. The van der Waals surface area contributed by atoms with Crippen molar-refractivity contribution in [2.24, 2.45) is 0 Å². The molecule has 1 saturated heterocycles. The van der Waals surface area contributed by atoms with Gasteiger partial charge in [-0.2, -0.15) is 0 Å². The van der Waals surface area contributed by atoms with Crippen LogP contribution >= 0.6 is 0 Å². The first kappa shape index (κ1) is 15.5. The molecule has 1 fully saturated rings. The SMILES string of the molecule is CN(C)C(=O)c1cccc(CN2CCCCC2C(=O)O)c1. The fourth-order valence-corrected chi connectivity index (χ4v) is 2.76. The quantitative estimate of drug-likeness (QED) is 0.919. The summed E-state index contributed by atoms with van der Waals surface area (Å²) in [6.07, 6.45) is 2.69. The van der Waals surface area contributed by atoms with Crippen LogP contribution in [0.4, 0.5) is 0 Å². The standard InChI is InChI=1S/C16H22N2O3/c1-17(2)15(19)13-7-5-6-12(10-13)11-18-9-4-3-8-14(18)16(20)21/h5-7,10,14H,3-4,8-9,11H2,1-2H3,(H,20,21). The third kappa shape index (κ3) is 3.82. The maximum absolute atomic E-state index is 12.0. The number of carboxylic acids is 1. The van der Waals surface area contributed by atoms with E-state index in [9.17, 15) is 14.7 Å². The van der Waals surface area contributed by atoms with Crippen molar-refractivity contribution in [2.45, 2.75) is 31.8 Å². The van der Waals surface area contributed by atoms with Gasteiger partial charge in [0, 0.05) is 26.2 Å². The number of aliphatic carboxylic acids is 1. The van der Waals surface area contributed by atoms with Crippen LogP contribution in [0.25, 0.3) is 0 Å². The molecule has 5 nitrogen and oxygen atoms in total. The molecule has 1 unspecified atom stereocenters. The molecule has 1 N–H and O–H groups in total. The molecule has 5 heteroatoms. The smallest absolute Gasteiger partial charge is 0.320 e. The number of carboxylic acid groups (broad SMARTS) is 1. The Balaban J connectivity index is 2.13. The summed E-state index contributed by atoms with van der Waals surface area (Å²) in [5.41, 5.74) is 1.62. The molecule has 1 aliphatic rings. The van der Waals surface area contributed by atoms with Gasteiger partial charge >= 0.3 is 5.97 Å². The number of carbonyl (C=O) groups excluding carboxylic acids is 1. The van der Waals surface area contributed by atoms with Crippen molar-refractivity contribution < 1.29 is 14.7 Å². The zero-order chi connectivity index (χ0) is 15.4. The second-order valence-electron chi connectivity index (χ2n) is 5.72. The average Bonchev–Trinajstić information content (AvgIpc) is 2.47. The molecule has 1 aliphatic heterocycles. The first-order valence-corrected chi connectivity index (χ1v) is 7.26. The number of benzene rings is 1. The van der Waals surface area contributed by atoms with Gasteiger partial charge in [-0.15, -0.1) is 0 Å². The maximum Gasteiger partial charge on any atom is 0.320 e. The lowest BCUT2D eigenvalue weighted by molar-refractivity contribution is -0.144. The minimum absolute atomic E-state index is 0.0368. The summed E-state index contributed by atoms with van der Waals surface area (Å²) in [6.45, 7) is 1.37. The van der Waals surface area contributed by atoms with Gasteiger partial charge in [0.1, 0.15) is 6.04 Å². The van der Waals surface area contributed by atoms with E-state index in [0.29, 0.717) is 18.5 Å². The van der Waals surface area contributed by atoms with Crippen LogP contribution in [0.1, 0.15) is 35.2 Å². The summed E-state index contributed by atoms with van der Waals surface area (Å²) in [6, 6.07) is 7.03. The number of amides is 1. The Morgan fingerprint density at radius 2 is 2.10 bits per heavy atom. The molecule has 1 atom stereocenters. The summed E-state index contributed by atoms with van der Waals surface area (Å²) in [7, 11) is 3.44. The molecule has 0 radical (unpaired) electrons. The van der Waals surface area contributed by atoms with Gasteiger partial charge in [0.2, 0.25) is 0 Å². The second-order valence-corrected chi connectivity index (χ2v) is 5.72. The van der Waals surface area contributed by atoms with Crippen LogP contribution in [-0.2, 0) is 11.3 Å². The minimum atomic E-state index is -0.754. The number of nitrogens with zero attached hydrogens (tertiary/aromatic N) is 2. The van der Waals surface area contributed by atoms with E-state index in [2.05, 4.69) is 0 Å². The van der Waals surface area contributed by atoms with Gasteiger partial charge in [-0.1, -0.05) is 18.6 Å². The van der Waals surface area contributed by atoms with Crippen LogP contribution in [-0.4, -0.2) is 53.5 Å². The van der Waals surface area contributed by atoms with Crippen LogP contribution in [0.2, 0.25) is 0 Å². The Bertz CT molecular complexity index is 528. The molecule has 2 rings (SSSR count). The van der Waals surface area contributed by atoms with Gasteiger partial charge in [-0.3, -0.25) is 14.5 Å². The summed E-state index contributed by atoms with van der Waals surface area (Å²) in [4.78, 5) is 26.8. The predicted octanol–water partition coefficient (Wildman–Crippen LogP) is 1.83. The highest BCUT2D eigenvalue weighted by Gasteiger charge is 2.28. The molecule has 1 aromatic carbocycles. The number of carbonyl (C=O) groups is 2. The zero-order valence-electron chi connectivity index (χ0n) is 12.6. The Kier molecular flexibility index (Phi) is 4.96. The van der Waals surface area contributed by atoms with Crippen molar-refractivity contribution in [3.63, 3.8) is 0 Å². The summed E-state index contributed by atoms with van der Waals surface area (Å²) in [5, 5.41) is 9.30. The Morgan fingerprint density at radius 3 is 2.76 bits per heavy atom. The van der Waals surface area contributed by atoms with Crippen LogP contribution in [0.15, 0.2) is 24.3 Å². The van der Waals surface area contributed by atoms with Crippen molar-refractivity contribution in [1.82, 2.24) is 9.80 Å². The van der Waals surface area contributed by atoms with E-state index in [1.54, 1.807) is 25.1 Å². The molecule has 114 valence electrons. The van der Waals surface area contributed by atoms with Gasteiger partial charge in [0.05, 0.1) is 0 Å². The van der Waals surface area contributed by atoms with Gasteiger partial charge in [-0.25, -0.2) is 0 Å². The molecule has 0 spiro atoms. The molecule has 0 aromatic heterocycles. The Hall–Kier alpha value is -1.88. The third-order valence-electron chi connectivity index (χ3n) is 3.86. The third-order valence-corrected chi connectivity index (χ3v) is 3.86. The van der Waals surface area contributed by atoms with E-state index in [0.717, 1.165) is 24.9 Å². The van der Waals surface area contributed by atoms with Crippen molar-refractivity contribution in [2.75, 3.05) is 20.6 Å². The monoisotopic (exact) mass is 290 g/mol. The van der Waals surface area contributed by atoms with Crippen molar-refractivity contribution in [3.05, 3.63) is 35.4 Å². The van der Waals surface area contributed by atoms with Gasteiger partial charge < -0.3 is 10.0 Å². The molecule has 0 saturated carbocycles. The molecular formula is C16H22N2O3. The van der Waals surface area contributed by atoms with Crippen LogP contribution in [0, 0.1) is 0 Å². The molecule has 1 aromatic rings. The van der Waals surface area contributed by atoms with Gasteiger partial charge in [0.25, 0.3) is 5.91 Å². The van der Waals surface area contributed by atoms with Gasteiger partial charge in [0.15, 0.2) is 0 Å². The van der Waals surface area contributed by atoms with Crippen LogP contribution < -0.4 is 0 Å². The van der Waals surface area contributed by atoms with Crippen LogP contribution in [0.3, 0.4) is 0 Å². The summed E-state index contributed by atoms with van der Waals surface area (Å²) < 4.78 is 0. The van der Waals surface area contributed by atoms with Gasteiger partial charge in [-0.05, 0) is 37.1 Å². The molecule has 1 amide bonds. The number of hydrogen-bond acceptors (Lipinski definition) is 3. The minimum Gasteiger partial charge on any atom is -0.480 e. The highest BCUT2D eigenvalue weighted by molar-refractivity contribution is 5.94. The largest absolute Gasteiger partial charge is 0.480 e. The molecule has 21 heavy (non-hydrogen) atoms. The highest BCUT2D eigenvalue weighted by Crippen LogP contribution is 2.20. The second kappa shape index (κ2) is 6.72. The van der Waals surface area contributed by atoms with E-state index >= 15 is 0 Å². The lowest BCUT2D eigenvalue weighted by atomic mass is 10.0. The lowest BCUT2D eigenvalue weighted by Crippen LogP contribution is -2.44. The molecule has 1 heterocycles. The number of piperidine rings is 1. The predicted molar refractivity (Wildman–Crippen MR) is 80.1 cm³/mol. The topological polar surface area (TPSA) is 60.9 Å². The molecule has 0 aliphatic carbocycles. The van der Waals surface area contributed by atoms with Crippen molar-refractivity contribution >= 4 is 11.9 Å². The summed E-state index contributed by atoms with van der Waals surface area (Å²) in [5.74, 6) is -0.791. The maximum atomic E-state index is 12.0. The number of rotatable bonds is 4. The highest BCUT2D eigenvalue weighted by atomic mass is 16.4. The summed E-state index contributed by atoms with van der Waals surface area (Å²) >= 11 is 0. The molecular weight excluding hydrogens is 268 g/mol. The lowest BCUT2D eigenvalue weighted by Gasteiger charge is -2.32. The van der Waals surface area contributed by atoms with Crippen LogP contribution in [0.5, 0.6) is 0 Å². The average molecular weight is 290 g/mol. The van der Waals surface area contributed by atoms with Crippen molar-refractivity contribution in [1.29, 1.82) is 0 Å². The molecule has 0 bridgehead atoms. The number of likely N-dealkylation sites (tertiary alicyclic amines) is 1. The Labute approximate surface area is 125 Å². The van der Waals surface area contributed by atoms with Crippen molar-refractivity contribution in [3.8, 4) is 0 Å². The van der Waals surface area contributed by atoms with E-state index < -0.39 is 12.0 Å². The number of hydrogen-bond donors (Lipinski definition) is 1.